The number of rotatable bonds is 3. The molecule has 0 bridgehead atoms. The topological polar surface area (TPSA) is 78.9 Å². The van der Waals surface area contributed by atoms with Crippen LogP contribution in [0.2, 0.25) is 0 Å². The third-order valence-corrected chi connectivity index (χ3v) is 2.84. The Morgan fingerprint density at radius 1 is 1.41 bits per heavy atom. The second-order valence-corrected chi connectivity index (χ2v) is 4.08. The highest BCUT2D eigenvalue weighted by atomic mass is 16.5. The van der Waals surface area contributed by atoms with Crippen molar-refractivity contribution in [1.82, 2.24) is 19.7 Å². The molecule has 0 aromatic carbocycles. The smallest absolute Gasteiger partial charge is 0.242 e. The summed E-state index contributed by atoms with van der Waals surface area (Å²) in [6, 6.07) is 2.01. The van der Waals surface area contributed by atoms with Crippen molar-refractivity contribution in [3.63, 3.8) is 0 Å². The summed E-state index contributed by atoms with van der Waals surface area (Å²) in [5, 5.41) is 4.47. The summed E-state index contributed by atoms with van der Waals surface area (Å²) in [5.41, 5.74) is 7.42. The van der Waals surface area contributed by atoms with E-state index in [1.165, 1.54) is 26.3 Å². The number of ether oxygens (including phenoxy) is 1. The number of nitrogens with two attached hydrogens (primary N) is 1. The lowest BCUT2D eigenvalue weighted by Gasteiger charge is -2.07. The van der Waals surface area contributed by atoms with Crippen LogP contribution in [-0.4, -0.2) is 26.9 Å². The van der Waals surface area contributed by atoms with Crippen LogP contribution in [0.15, 0.2) is 18.6 Å². The minimum Gasteiger partial charge on any atom is -0.479 e. The minimum atomic E-state index is 0.374. The Kier molecular flexibility index (Phi) is 2.21. The van der Waals surface area contributed by atoms with Crippen LogP contribution in [0.5, 0.6) is 5.88 Å². The summed E-state index contributed by atoms with van der Waals surface area (Å²) in [5.74, 6) is 1.54. The third kappa shape index (κ3) is 1.71. The lowest BCUT2D eigenvalue weighted by molar-refractivity contribution is 0.399. The summed E-state index contributed by atoms with van der Waals surface area (Å²) in [4.78, 5) is 8.07. The Morgan fingerprint density at radius 2 is 2.24 bits per heavy atom. The molecule has 2 aromatic rings. The molecule has 1 aliphatic rings. The summed E-state index contributed by atoms with van der Waals surface area (Å²) in [6.07, 6.45) is 5.73. The molecule has 0 amide bonds. The third-order valence-electron chi connectivity index (χ3n) is 2.84. The Hall–Kier alpha value is -2.11. The molecule has 6 nitrogen and oxygen atoms in total. The number of nitrogen functional groups attached to an aromatic ring is 1. The maximum atomic E-state index is 5.92. The van der Waals surface area contributed by atoms with Crippen molar-refractivity contribution in [2.75, 3.05) is 12.8 Å². The maximum Gasteiger partial charge on any atom is 0.242 e. The predicted molar refractivity (Wildman–Crippen MR) is 62.1 cm³/mol. The lowest BCUT2D eigenvalue weighted by atomic mass is 10.3. The summed E-state index contributed by atoms with van der Waals surface area (Å²) >= 11 is 0. The van der Waals surface area contributed by atoms with Gasteiger partial charge >= 0.3 is 0 Å². The zero-order valence-electron chi connectivity index (χ0n) is 9.50. The molecular weight excluding hydrogens is 218 g/mol. The molecule has 2 N–H and O–H groups in total. The standard InChI is InChI=1S/C11H13N5O/c1-17-11-9(12)10(13-6-14-11)16-5-4-8(15-16)7-2-3-7/h4-7H,2-3,12H2,1H3. The van der Waals surface area contributed by atoms with E-state index in [1.807, 2.05) is 12.3 Å². The van der Waals surface area contributed by atoms with Gasteiger partial charge in [-0.15, -0.1) is 0 Å². The molecule has 88 valence electrons. The van der Waals surface area contributed by atoms with E-state index in [4.69, 9.17) is 10.5 Å². The van der Waals surface area contributed by atoms with Crippen molar-refractivity contribution in [3.8, 4) is 11.7 Å². The SMILES string of the molecule is COc1ncnc(-n2ccc(C3CC3)n2)c1N. The zero-order valence-corrected chi connectivity index (χ0v) is 9.50. The van der Waals surface area contributed by atoms with Gasteiger partial charge in [-0.3, -0.25) is 0 Å². The van der Waals surface area contributed by atoms with Crippen LogP contribution in [0.25, 0.3) is 5.82 Å². The zero-order chi connectivity index (χ0) is 11.8. The summed E-state index contributed by atoms with van der Waals surface area (Å²) in [7, 11) is 1.53. The second-order valence-electron chi connectivity index (χ2n) is 4.08. The number of hydrogen-bond donors (Lipinski definition) is 1. The van der Waals surface area contributed by atoms with Gasteiger partial charge in [-0.2, -0.15) is 10.1 Å². The molecule has 2 heterocycles. The van der Waals surface area contributed by atoms with E-state index in [0.717, 1.165) is 5.69 Å². The van der Waals surface area contributed by atoms with Crippen LogP contribution in [-0.2, 0) is 0 Å². The average molecular weight is 231 g/mol. The van der Waals surface area contributed by atoms with Gasteiger partial charge in [0.2, 0.25) is 5.88 Å². The summed E-state index contributed by atoms with van der Waals surface area (Å²) < 4.78 is 6.73. The van der Waals surface area contributed by atoms with Crippen LogP contribution in [0.1, 0.15) is 24.5 Å². The lowest BCUT2D eigenvalue weighted by Crippen LogP contribution is -2.06. The Morgan fingerprint density at radius 3 is 2.94 bits per heavy atom. The van der Waals surface area contributed by atoms with Crippen molar-refractivity contribution in [2.24, 2.45) is 0 Å². The molecule has 1 fully saturated rings. The number of methoxy groups -OCH3 is 1. The monoisotopic (exact) mass is 231 g/mol. The van der Waals surface area contributed by atoms with Crippen molar-refractivity contribution in [2.45, 2.75) is 18.8 Å². The van der Waals surface area contributed by atoms with Gasteiger partial charge in [0, 0.05) is 12.1 Å². The molecule has 0 spiro atoms. The van der Waals surface area contributed by atoms with Crippen LogP contribution in [0.3, 0.4) is 0 Å². The van der Waals surface area contributed by atoms with E-state index in [1.54, 1.807) is 4.68 Å². The number of hydrogen-bond acceptors (Lipinski definition) is 5. The van der Waals surface area contributed by atoms with Crippen LogP contribution >= 0.6 is 0 Å². The Bertz CT molecular complexity index is 547. The first-order valence-electron chi connectivity index (χ1n) is 5.50. The fourth-order valence-corrected chi connectivity index (χ4v) is 1.77. The molecule has 2 aromatic heterocycles. The highest BCUT2D eigenvalue weighted by Gasteiger charge is 2.26. The van der Waals surface area contributed by atoms with Gasteiger partial charge in [-0.1, -0.05) is 0 Å². The van der Waals surface area contributed by atoms with E-state index in [-0.39, 0.29) is 0 Å². The molecule has 1 saturated carbocycles. The molecule has 6 heteroatoms. The van der Waals surface area contributed by atoms with Crippen molar-refractivity contribution in [3.05, 3.63) is 24.3 Å². The van der Waals surface area contributed by atoms with Gasteiger partial charge in [-0.25, -0.2) is 9.67 Å². The van der Waals surface area contributed by atoms with Crippen molar-refractivity contribution < 1.29 is 4.74 Å². The van der Waals surface area contributed by atoms with E-state index < -0.39 is 0 Å². The molecule has 0 saturated heterocycles. The highest BCUT2D eigenvalue weighted by Crippen LogP contribution is 2.39. The van der Waals surface area contributed by atoms with Gasteiger partial charge < -0.3 is 10.5 Å². The van der Waals surface area contributed by atoms with Crippen LogP contribution < -0.4 is 10.5 Å². The molecule has 0 aliphatic heterocycles. The Balaban J connectivity index is 2.01. The molecule has 3 rings (SSSR count). The molecule has 0 atom stereocenters. The number of nitrogens with zero attached hydrogens (tertiary/aromatic N) is 4. The first kappa shape index (κ1) is 10.1. The number of anilines is 1. The average Bonchev–Trinajstić information content (AvgIpc) is 3.08. The summed E-state index contributed by atoms with van der Waals surface area (Å²) in [6.45, 7) is 0. The van der Waals surface area contributed by atoms with E-state index >= 15 is 0 Å². The van der Waals surface area contributed by atoms with Crippen LogP contribution in [0.4, 0.5) is 5.69 Å². The first-order chi connectivity index (χ1) is 8.29. The van der Waals surface area contributed by atoms with Crippen molar-refractivity contribution >= 4 is 5.69 Å². The van der Waals surface area contributed by atoms with E-state index in [9.17, 15) is 0 Å². The molecule has 1 aliphatic carbocycles. The minimum absolute atomic E-state index is 0.374. The van der Waals surface area contributed by atoms with Gasteiger partial charge in [0.05, 0.1) is 12.8 Å². The predicted octanol–water partition coefficient (Wildman–Crippen LogP) is 1.13. The fourth-order valence-electron chi connectivity index (χ4n) is 1.77. The molecule has 17 heavy (non-hydrogen) atoms. The first-order valence-corrected chi connectivity index (χ1v) is 5.50. The van der Waals surface area contributed by atoms with Gasteiger partial charge in [0.1, 0.15) is 12.0 Å². The van der Waals surface area contributed by atoms with Gasteiger partial charge in [-0.05, 0) is 18.9 Å². The van der Waals surface area contributed by atoms with Gasteiger partial charge in [0.25, 0.3) is 0 Å². The Labute approximate surface area is 98.4 Å². The van der Waals surface area contributed by atoms with Crippen LogP contribution in [0, 0.1) is 0 Å². The maximum absolute atomic E-state index is 5.92. The quantitative estimate of drug-likeness (QED) is 0.856. The van der Waals surface area contributed by atoms with Crippen molar-refractivity contribution in [1.29, 1.82) is 0 Å². The second kappa shape index (κ2) is 3.73. The fraction of sp³-hybridized carbons (Fsp3) is 0.364. The van der Waals surface area contributed by atoms with E-state index in [2.05, 4.69) is 15.1 Å². The molecule has 0 unspecified atom stereocenters. The molecule has 0 radical (unpaired) electrons. The largest absolute Gasteiger partial charge is 0.479 e. The highest BCUT2D eigenvalue weighted by molar-refractivity contribution is 5.59. The van der Waals surface area contributed by atoms with E-state index in [0.29, 0.717) is 23.3 Å². The number of aromatic nitrogens is 4. The van der Waals surface area contributed by atoms with Gasteiger partial charge in [0.15, 0.2) is 5.82 Å². The molecular formula is C11H13N5O. The normalized spacial score (nSPS) is 14.9.